The molecule has 0 aliphatic rings. The molecule has 150 valence electrons. The first-order valence-electron chi connectivity index (χ1n) is 9.21. The van der Waals surface area contributed by atoms with Crippen LogP contribution in [-0.4, -0.2) is 22.0 Å². The van der Waals surface area contributed by atoms with E-state index in [9.17, 15) is 14.4 Å². The summed E-state index contributed by atoms with van der Waals surface area (Å²) < 4.78 is 6.43. The van der Waals surface area contributed by atoms with Gasteiger partial charge in [-0.1, -0.05) is 37.3 Å². The summed E-state index contributed by atoms with van der Waals surface area (Å²) in [6, 6.07) is 12.6. The number of carbonyl (C=O) groups excluding carboxylic acids is 1. The Bertz CT molecular complexity index is 1110. The molecule has 2 aromatic heterocycles. The van der Waals surface area contributed by atoms with Gasteiger partial charge >= 0.3 is 5.69 Å². The van der Waals surface area contributed by atoms with Crippen LogP contribution in [0.2, 0.25) is 0 Å². The van der Waals surface area contributed by atoms with Crippen molar-refractivity contribution in [3.05, 3.63) is 87.0 Å². The maximum atomic E-state index is 12.8. The number of hydrogen-bond acceptors (Lipinski definition) is 5. The topological polar surface area (TPSA) is 114 Å². The number of anilines is 2. The van der Waals surface area contributed by atoms with E-state index in [0.29, 0.717) is 12.2 Å². The van der Waals surface area contributed by atoms with Gasteiger partial charge in [0.2, 0.25) is 0 Å². The Morgan fingerprint density at radius 2 is 1.97 bits per heavy atom. The summed E-state index contributed by atoms with van der Waals surface area (Å²) in [6.45, 7) is 2.31. The van der Waals surface area contributed by atoms with E-state index in [0.717, 1.165) is 5.56 Å². The lowest BCUT2D eigenvalue weighted by atomic mass is 10.2. The van der Waals surface area contributed by atoms with Crippen molar-refractivity contribution in [3.63, 3.8) is 0 Å². The lowest BCUT2D eigenvalue weighted by molar-refractivity contribution is -0.114. The van der Waals surface area contributed by atoms with Gasteiger partial charge in [0.25, 0.3) is 11.5 Å². The molecule has 3 rings (SSSR count). The number of rotatable bonds is 7. The highest BCUT2D eigenvalue weighted by atomic mass is 16.3. The third-order valence-electron chi connectivity index (χ3n) is 4.31. The molecule has 0 spiro atoms. The highest BCUT2D eigenvalue weighted by Crippen LogP contribution is 2.19. The molecule has 0 aliphatic heterocycles. The Morgan fingerprint density at radius 1 is 1.21 bits per heavy atom. The van der Waals surface area contributed by atoms with Gasteiger partial charge in [0.05, 0.1) is 12.8 Å². The Hall–Kier alpha value is -3.81. The van der Waals surface area contributed by atoms with Gasteiger partial charge in [-0.05, 0) is 30.2 Å². The number of furan rings is 1. The van der Waals surface area contributed by atoms with Crippen LogP contribution in [0.25, 0.3) is 6.08 Å². The first kappa shape index (κ1) is 19.9. The summed E-state index contributed by atoms with van der Waals surface area (Å²) in [5, 5.41) is 0. The highest BCUT2D eigenvalue weighted by molar-refractivity contribution is 6.04. The van der Waals surface area contributed by atoms with Crippen molar-refractivity contribution in [1.82, 2.24) is 9.55 Å². The van der Waals surface area contributed by atoms with Gasteiger partial charge in [0.1, 0.15) is 11.6 Å². The van der Waals surface area contributed by atoms with E-state index < -0.39 is 17.2 Å². The number of nitrogens with two attached hydrogens (primary N) is 1. The molecule has 0 fully saturated rings. The average Bonchev–Trinajstić information content (AvgIpc) is 3.23. The lowest BCUT2D eigenvalue weighted by Gasteiger charge is -2.23. The molecule has 0 saturated heterocycles. The van der Waals surface area contributed by atoms with Crippen LogP contribution >= 0.6 is 0 Å². The van der Waals surface area contributed by atoms with E-state index in [1.54, 1.807) is 12.1 Å². The van der Waals surface area contributed by atoms with Crippen molar-refractivity contribution in [2.24, 2.45) is 0 Å². The summed E-state index contributed by atoms with van der Waals surface area (Å²) in [6.07, 6.45) is 4.91. The predicted octanol–water partition coefficient (Wildman–Crippen LogP) is 2.22. The monoisotopic (exact) mass is 394 g/mol. The summed E-state index contributed by atoms with van der Waals surface area (Å²) in [4.78, 5) is 41.2. The smallest absolute Gasteiger partial charge is 0.330 e. The number of carbonyl (C=O) groups is 1. The number of aromatic nitrogens is 2. The molecule has 2 heterocycles. The Kier molecular flexibility index (Phi) is 6.13. The van der Waals surface area contributed by atoms with E-state index in [4.69, 9.17) is 10.2 Å². The summed E-state index contributed by atoms with van der Waals surface area (Å²) in [5.74, 6) is 0.00638. The zero-order chi connectivity index (χ0) is 20.8. The third-order valence-corrected chi connectivity index (χ3v) is 4.31. The van der Waals surface area contributed by atoms with E-state index >= 15 is 0 Å². The molecule has 1 aromatic carbocycles. The molecular weight excluding hydrogens is 372 g/mol. The molecule has 0 saturated carbocycles. The maximum absolute atomic E-state index is 12.8. The van der Waals surface area contributed by atoms with Crippen LogP contribution in [0.5, 0.6) is 0 Å². The molecule has 3 N–H and O–H groups in total. The van der Waals surface area contributed by atoms with Crippen LogP contribution in [0.15, 0.2) is 68.8 Å². The average molecular weight is 394 g/mol. The molecule has 0 radical (unpaired) electrons. The number of hydrogen-bond donors (Lipinski definition) is 2. The van der Waals surface area contributed by atoms with Crippen molar-refractivity contribution in [3.8, 4) is 0 Å². The van der Waals surface area contributed by atoms with Gasteiger partial charge in [-0.3, -0.25) is 19.1 Å². The number of nitrogen functional groups attached to an aromatic ring is 1. The highest BCUT2D eigenvalue weighted by Gasteiger charge is 2.22. The zero-order valence-corrected chi connectivity index (χ0v) is 16.0. The van der Waals surface area contributed by atoms with Gasteiger partial charge in [-0.2, -0.15) is 0 Å². The number of benzene rings is 1. The van der Waals surface area contributed by atoms with Crippen LogP contribution in [0, 0.1) is 0 Å². The van der Waals surface area contributed by atoms with Crippen LogP contribution in [0.1, 0.15) is 24.7 Å². The minimum atomic E-state index is -0.704. The normalized spacial score (nSPS) is 11.1. The number of nitrogens with zero attached hydrogens (tertiary/aromatic N) is 2. The first-order valence-corrected chi connectivity index (χ1v) is 9.21. The van der Waals surface area contributed by atoms with Gasteiger partial charge in [0, 0.05) is 12.6 Å². The van der Waals surface area contributed by atoms with Crippen molar-refractivity contribution < 1.29 is 9.21 Å². The molecule has 0 bridgehead atoms. The molecule has 8 nitrogen and oxygen atoms in total. The molecule has 8 heteroatoms. The van der Waals surface area contributed by atoms with Crippen molar-refractivity contribution in [2.45, 2.75) is 19.9 Å². The molecule has 3 aromatic rings. The van der Waals surface area contributed by atoms with Gasteiger partial charge in [-0.15, -0.1) is 0 Å². The van der Waals surface area contributed by atoms with Crippen LogP contribution in [0.3, 0.4) is 0 Å². The minimum absolute atomic E-state index is 0.0449. The van der Waals surface area contributed by atoms with Crippen molar-refractivity contribution >= 4 is 23.5 Å². The quantitative estimate of drug-likeness (QED) is 0.597. The molecule has 1 amide bonds. The second-order valence-electron chi connectivity index (χ2n) is 6.40. The largest absolute Gasteiger partial charge is 0.465 e. The Balaban J connectivity index is 2.01. The van der Waals surface area contributed by atoms with E-state index in [1.807, 2.05) is 37.3 Å². The zero-order valence-electron chi connectivity index (χ0n) is 16.0. The molecule has 0 unspecified atom stereocenters. The summed E-state index contributed by atoms with van der Waals surface area (Å²) >= 11 is 0. The minimum Gasteiger partial charge on any atom is -0.465 e. The first-order chi connectivity index (χ1) is 14.0. The summed E-state index contributed by atoms with van der Waals surface area (Å²) in [5.41, 5.74) is 5.66. The van der Waals surface area contributed by atoms with Crippen LogP contribution in [-0.2, 0) is 11.3 Å². The predicted molar refractivity (Wildman–Crippen MR) is 112 cm³/mol. The number of amides is 1. The fourth-order valence-electron chi connectivity index (χ4n) is 2.95. The van der Waals surface area contributed by atoms with Crippen LogP contribution in [0.4, 0.5) is 11.5 Å². The van der Waals surface area contributed by atoms with E-state index in [-0.39, 0.29) is 24.6 Å². The van der Waals surface area contributed by atoms with Gasteiger partial charge in [-0.25, -0.2) is 4.79 Å². The molecule has 29 heavy (non-hydrogen) atoms. The van der Waals surface area contributed by atoms with Crippen LogP contribution < -0.4 is 21.9 Å². The van der Waals surface area contributed by atoms with Crippen molar-refractivity contribution in [2.75, 3.05) is 17.2 Å². The standard InChI is InChI=1S/C21H22N4O4/c1-2-12-24(17(26)11-10-16-9-6-13-29-16)18-19(22)25(21(28)23-20(18)27)14-15-7-4-3-5-8-15/h3-11,13H,2,12,14,22H2,1H3,(H,23,27,28). The molecular formula is C21H22N4O4. The Labute approximate surface area is 166 Å². The van der Waals surface area contributed by atoms with Gasteiger partial charge < -0.3 is 15.1 Å². The third kappa shape index (κ3) is 4.55. The SMILES string of the molecule is CCCN(C(=O)C=Cc1ccco1)c1c(N)n(Cc2ccccc2)c(=O)[nH]c1=O. The molecule has 0 atom stereocenters. The number of aromatic amines is 1. The lowest BCUT2D eigenvalue weighted by Crippen LogP contribution is -2.41. The van der Waals surface area contributed by atoms with Crippen molar-refractivity contribution in [1.29, 1.82) is 0 Å². The fraction of sp³-hybridized carbons (Fsp3) is 0.190. The molecule has 0 aliphatic carbocycles. The summed E-state index contributed by atoms with van der Waals surface area (Å²) in [7, 11) is 0. The number of H-pyrrole nitrogens is 1. The maximum Gasteiger partial charge on any atom is 0.330 e. The van der Waals surface area contributed by atoms with E-state index in [1.165, 1.54) is 27.9 Å². The van der Waals surface area contributed by atoms with E-state index in [2.05, 4.69) is 4.98 Å². The second-order valence-corrected chi connectivity index (χ2v) is 6.40. The fourth-order valence-corrected chi connectivity index (χ4v) is 2.95. The number of nitrogens with one attached hydrogen (secondary N) is 1. The second kappa shape index (κ2) is 8.92. The Morgan fingerprint density at radius 3 is 2.62 bits per heavy atom. The van der Waals surface area contributed by atoms with Gasteiger partial charge in [0.15, 0.2) is 5.69 Å².